The van der Waals surface area contributed by atoms with E-state index in [0.717, 1.165) is 11.3 Å². The van der Waals surface area contributed by atoms with Crippen LogP contribution in [-0.2, 0) is 14.9 Å². The number of hydrogen-bond acceptors (Lipinski definition) is 5. The molecule has 0 radical (unpaired) electrons. The Morgan fingerprint density at radius 3 is 2.80 bits per heavy atom. The predicted molar refractivity (Wildman–Crippen MR) is 71.0 cm³/mol. The third-order valence-corrected chi connectivity index (χ3v) is 3.92. The lowest BCUT2D eigenvalue weighted by molar-refractivity contribution is -0.124. The number of ether oxygens (including phenoxy) is 1. The van der Waals surface area contributed by atoms with Crippen LogP contribution in [0.2, 0.25) is 0 Å². The summed E-state index contributed by atoms with van der Waals surface area (Å²) in [4.78, 5) is 30.0. The number of nitrogens with two attached hydrogens (primary N) is 1. The molecule has 3 rings (SSSR count). The van der Waals surface area contributed by atoms with Gasteiger partial charge in [0, 0.05) is 11.8 Å². The molecule has 2 amide bonds. The molecule has 0 saturated carbocycles. The summed E-state index contributed by atoms with van der Waals surface area (Å²) in [6, 6.07) is 1.64. The van der Waals surface area contributed by atoms with Crippen molar-refractivity contribution < 1.29 is 14.3 Å². The van der Waals surface area contributed by atoms with Crippen molar-refractivity contribution in [3.63, 3.8) is 0 Å². The van der Waals surface area contributed by atoms with Gasteiger partial charge in [0.15, 0.2) is 0 Å². The van der Waals surface area contributed by atoms with Crippen LogP contribution in [0.25, 0.3) is 0 Å². The Morgan fingerprint density at radius 1 is 1.55 bits per heavy atom. The Labute approximate surface area is 116 Å². The van der Waals surface area contributed by atoms with Gasteiger partial charge in [0.2, 0.25) is 5.91 Å². The fourth-order valence-electron chi connectivity index (χ4n) is 2.58. The van der Waals surface area contributed by atoms with Crippen LogP contribution < -0.4 is 16.2 Å². The molecule has 0 spiro atoms. The third-order valence-electron chi connectivity index (χ3n) is 3.92. The van der Waals surface area contributed by atoms with Gasteiger partial charge in [-0.05, 0) is 19.9 Å². The quantitative estimate of drug-likeness (QED) is 0.439. The van der Waals surface area contributed by atoms with Crippen molar-refractivity contribution in [1.29, 1.82) is 0 Å². The van der Waals surface area contributed by atoms with Gasteiger partial charge in [0.1, 0.15) is 5.69 Å². The van der Waals surface area contributed by atoms with Gasteiger partial charge in [-0.3, -0.25) is 20.0 Å². The summed E-state index contributed by atoms with van der Waals surface area (Å²) in [7, 11) is 0. The molecule has 0 aromatic carbocycles. The van der Waals surface area contributed by atoms with Gasteiger partial charge in [-0.1, -0.05) is 0 Å². The zero-order valence-corrected chi connectivity index (χ0v) is 11.3. The first-order valence-corrected chi connectivity index (χ1v) is 6.39. The Kier molecular flexibility index (Phi) is 2.77. The average molecular weight is 276 g/mol. The maximum atomic E-state index is 12.6. The van der Waals surface area contributed by atoms with Gasteiger partial charge < -0.3 is 9.64 Å². The van der Waals surface area contributed by atoms with Crippen molar-refractivity contribution in [3.05, 3.63) is 23.5 Å². The first-order chi connectivity index (χ1) is 9.46. The molecule has 3 N–H and O–H groups in total. The normalized spacial score (nSPS) is 20.6. The number of anilines is 1. The number of fused-ring (bicyclic) bond motifs is 1. The summed E-state index contributed by atoms with van der Waals surface area (Å²) < 4.78 is 5.17. The van der Waals surface area contributed by atoms with Crippen molar-refractivity contribution in [2.24, 2.45) is 5.84 Å². The number of carbonyl (C=O) groups excluding carboxylic acids is 2. The van der Waals surface area contributed by atoms with Gasteiger partial charge >= 0.3 is 0 Å². The summed E-state index contributed by atoms with van der Waals surface area (Å²) in [6.45, 7) is 4.75. The Balaban J connectivity index is 2.10. The zero-order valence-electron chi connectivity index (χ0n) is 11.3. The zero-order chi connectivity index (χ0) is 14.5. The molecule has 2 aliphatic heterocycles. The van der Waals surface area contributed by atoms with Gasteiger partial charge in [0.25, 0.3) is 5.91 Å². The lowest BCUT2D eigenvalue weighted by atomic mass is 9.87. The highest BCUT2D eigenvalue weighted by atomic mass is 16.5. The van der Waals surface area contributed by atoms with Crippen molar-refractivity contribution in [3.8, 4) is 0 Å². The SMILES string of the molecule is CC1(C)C(=O)N(C2COC2)c2cc(C(=O)NN)ncc21. The highest BCUT2D eigenvalue weighted by Gasteiger charge is 2.48. The number of nitrogens with zero attached hydrogens (tertiary/aromatic N) is 2. The van der Waals surface area contributed by atoms with Crippen LogP contribution in [0.5, 0.6) is 0 Å². The summed E-state index contributed by atoms with van der Waals surface area (Å²) in [5.41, 5.74) is 3.15. The molecule has 1 aromatic heterocycles. The van der Waals surface area contributed by atoms with Crippen molar-refractivity contribution in [2.45, 2.75) is 25.3 Å². The fourth-order valence-corrected chi connectivity index (χ4v) is 2.58. The number of hydrogen-bond donors (Lipinski definition) is 2. The van der Waals surface area contributed by atoms with Crippen LogP contribution in [0, 0.1) is 0 Å². The van der Waals surface area contributed by atoms with E-state index >= 15 is 0 Å². The number of pyridine rings is 1. The van der Waals surface area contributed by atoms with E-state index in [4.69, 9.17) is 10.6 Å². The molecule has 1 fully saturated rings. The van der Waals surface area contributed by atoms with E-state index in [1.54, 1.807) is 17.2 Å². The van der Waals surface area contributed by atoms with E-state index in [1.807, 2.05) is 19.3 Å². The molecule has 0 bridgehead atoms. The van der Waals surface area contributed by atoms with Crippen LogP contribution in [-0.4, -0.2) is 36.1 Å². The van der Waals surface area contributed by atoms with E-state index in [-0.39, 0.29) is 17.6 Å². The van der Waals surface area contributed by atoms with Gasteiger partial charge in [0.05, 0.1) is 30.4 Å². The van der Waals surface area contributed by atoms with Crippen molar-refractivity contribution in [1.82, 2.24) is 10.4 Å². The van der Waals surface area contributed by atoms with Crippen LogP contribution >= 0.6 is 0 Å². The Bertz CT molecular complexity index is 595. The molecular formula is C13H16N4O3. The third kappa shape index (κ3) is 1.63. The summed E-state index contributed by atoms with van der Waals surface area (Å²) in [5, 5.41) is 0. The molecule has 20 heavy (non-hydrogen) atoms. The van der Waals surface area contributed by atoms with E-state index in [2.05, 4.69) is 4.98 Å². The molecule has 7 nitrogen and oxygen atoms in total. The number of nitrogen functional groups attached to an aromatic ring is 1. The lowest BCUT2D eigenvalue weighted by Gasteiger charge is -2.35. The largest absolute Gasteiger partial charge is 0.377 e. The Hall–Kier alpha value is -1.99. The molecule has 0 unspecified atom stereocenters. The van der Waals surface area contributed by atoms with E-state index in [9.17, 15) is 9.59 Å². The molecule has 0 aliphatic carbocycles. The topological polar surface area (TPSA) is 97.5 Å². The second kappa shape index (κ2) is 4.26. The second-order valence-corrected chi connectivity index (χ2v) is 5.55. The first-order valence-electron chi connectivity index (χ1n) is 6.39. The lowest BCUT2D eigenvalue weighted by Crippen LogP contribution is -2.52. The minimum Gasteiger partial charge on any atom is -0.377 e. The van der Waals surface area contributed by atoms with Gasteiger partial charge in [-0.15, -0.1) is 0 Å². The monoisotopic (exact) mass is 276 g/mol. The highest BCUT2D eigenvalue weighted by molar-refractivity contribution is 6.09. The summed E-state index contributed by atoms with van der Waals surface area (Å²) in [6.07, 6.45) is 1.58. The smallest absolute Gasteiger partial charge is 0.283 e. The summed E-state index contributed by atoms with van der Waals surface area (Å²) >= 11 is 0. The number of hydrazine groups is 1. The maximum Gasteiger partial charge on any atom is 0.283 e. The van der Waals surface area contributed by atoms with Crippen LogP contribution in [0.1, 0.15) is 29.9 Å². The molecule has 2 aliphatic rings. The minimum atomic E-state index is -0.643. The predicted octanol–water partition coefficient (Wildman–Crippen LogP) is -0.292. The van der Waals surface area contributed by atoms with E-state index in [1.165, 1.54) is 0 Å². The number of nitrogens with one attached hydrogen (secondary N) is 1. The molecule has 1 aromatic rings. The maximum absolute atomic E-state index is 12.6. The fraction of sp³-hybridized carbons (Fsp3) is 0.462. The van der Waals surface area contributed by atoms with E-state index < -0.39 is 11.3 Å². The number of carbonyl (C=O) groups is 2. The standard InChI is InChI=1S/C13H16N4O3/c1-13(2)8-4-15-9(11(18)16-14)3-10(8)17(12(13)19)7-5-20-6-7/h3-4,7H,5-6,14H2,1-2H3,(H,16,18). The molecule has 1 saturated heterocycles. The minimum absolute atomic E-state index is 0.00732. The number of amides is 2. The molecule has 7 heteroatoms. The van der Waals surface area contributed by atoms with Crippen molar-refractivity contribution >= 4 is 17.5 Å². The second-order valence-electron chi connectivity index (χ2n) is 5.55. The van der Waals surface area contributed by atoms with Gasteiger partial charge in [-0.2, -0.15) is 0 Å². The number of rotatable bonds is 2. The van der Waals surface area contributed by atoms with Gasteiger partial charge in [-0.25, -0.2) is 5.84 Å². The van der Waals surface area contributed by atoms with Crippen LogP contribution in [0.4, 0.5) is 5.69 Å². The van der Waals surface area contributed by atoms with Crippen molar-refractivity contribution in [2.75, 3.05) is 18.1 Å². The Morgan fingerprint density at radius 2 is 2.25 bits per heavy atom. The van der Waals surface area contributed by atoms with Crippen LogP contribution in [0.3, 0.4) is 0 Å². The molecular weight excluding hydrogens is 260 g/mol. The average Bonchev–Trinajstić information content (AvgIpc) is 2.57. The molecule has 0 atom stereocenters. The van der Waals surface area contributed by atoms with E-state index in [0.29, 0.717) is 13.2 Å². The highest BCUT2D eigenvalue weighted by Crippen LogP contribution is 2.43. The first kappa shape index (κ1) is 13.0. The molecule has 106 valence electrons. The molecule has 3 heterocycles. The summed E-state index contributed by atoms with van der Waals surface area (Å²) in [5.74, 6) is 4.65. The van der Waals surface area contributed by atoms with Crippen LogP contribution in [0.15, 0.2) is 12.3 Å². The number of aromatic nitrogens is 1.